The minimum atomic E-state index is -4.50. The molecule has 2 atom stereocenters. The molecular formula is C12H26FO3P. The van der Waals surface area contributed by atoms with Gasteiger partial charge in [0.1, 0.15) is 0 Å². The largest absolute Gasteiger partial charge is 0.513 e. The summed E-state index contributed by atoms with van der Waals surface area (Å²) in [5, 5.41) is 0. The zero-order valence-electron chi connectivity index (χ0n) is 12.2. The maximum atomic E-state index is 13.8. The monoisotopic (exact) mass is 268 g/mol. The SMILES string of the molecule is C[C@H](OP(=O)(F)O[C@@H](C)C(C)(C)C)C(C)(C)C. The predicted molar refractivity (Wildman–Crippen MR) is 68.7 cm³/mol. The molecule has 0 fully saturated rings. The van der Waals surface area contributed by atoms with Crippen molar-refractivity contribution >= 4 is 7.91 Å². The predicted octanol–water partition coefficient (Wildman–Crippen LogP) is 4.97. The lowest BCUT2D eigenvalue weighted by molar-refractivity contribution is 0.0241. The molecule has 0 bridgehead atoms. The standard InChI is InChI=1S/C12H26FO3P/c1-9(11(3,4)5)15-17(13,14)16-10(2)12(6,7)8/h9-10H,1-8H3/t9-,10-/m0/s1. The number of rotatable bonds is 4. The Hall–Kier alpha value is 0.0800. The van der Waals surface area contributed by atoms with Crippen LogP contribution in [-0.2, 0) is 13.6 Å². The summed E-state index contributed by atoms with van der Waals surface area (Å²) in [5.41, 5.74) is -0.563. The molecule has 3 nitrogen and oxygen atoms in total. The molecule has 17 heavy (non-hydrogen) atoms. The third kappa shape index (κ3) is 6.54. The highest BCUT2D eigenvalue weighted by Gasteiger charge is 2.36. The molecule has 0 spiro atoms. The van der Waals surface area contributed by atoms with Crippen LogP contribution in [0.25, 0.3) is 0 Å². The molecule has 0 unspecified atom stereocenters. The van der Waals surface area contributed by atoms with Crippen LogP contribution >= 0.6 is 7.91 Å². The van der Waals surface area contributed by atoms with E-state index in [0.717, 1.165) is 0 Å². The van der Waals surface area contributed by atoms with E-state index in [1.165, 1.54) is 0 Å². The fraction of sp³-hybridized carbons (Fsp3) is 1.00. The summed E-state index contributed by atoms with van der Waals surface area (Å²) >= 11 is 0. The van der Waals surface area contributed by atoms with Gasteiger partial charge >= 0.3 is 7.91 Å². The van der Waals surface area contributed by atoms with E-state index in [1.54, 1.807) is 13.8 Å². The first-order chi connectivity index (χ1) is 7.26. The fourth-order valence-corrected chi connectivity index (χ4v) is 2.16. The number of hydrogen-bond donors (Lipinski definition) is 0. The Labute approximate surface area is 105 Å². The van der Waals surface area contributed by atoms with Crippen LogP contribution in [0.2, 0.25) is 0 Å². The average molecular weight is 268 g/mol. The zero-order chi connectivity index (χ0) is 14.1. The van der Waals surface area contributed by atoms with Crippen molar-refractivity contribution < 1.29 is 17.8 Å². The van der Waals surface area contributed by atoms with Gasteiger partial charge in [-0.1, -0.05) is 41.5 Å². The quantitative estimate of drug-likeness (QED) is 0.675. The van der Waals surface area contributed by atoms with E-state index in [1.807, 2.05) is 41.5 Å². The van der Waals surface area contributed by atoms with Gasteiger partial charge in [-0.2, -0.15) is 0 Å². The van der Waals surface area contributed by atoms with Crippen molar-refractivity contribution in [2.45, 2.75) is 67.6 Å². The van der Waals surface area contributed by atoms with Crippen molar-refractivity contribution in [2.75, 3.05) is 0 Å². The van der Waals surface area contributed by atoms with E-state index in [-0.39, 0.29) is 10.8 Å². The molecule has 0 saturated carbocycles. The zero-order valence-corrected chi connectivity index (χ0v) is 13.1. The second-order valence-electron chi connectivity index (χ2n) is 6.66. The Morgan fingerprint density at radius 1 is 0.882 bits per heavy atom. The molecule has 0 aromatic carbocycles. The molecular weight excluding hydrogens is 242 g/mol. The van der Waals surface area contributed by atoms with Crippen LogP contribution in [0, 0.1) is 10.8 Å². The minimum Gasteiger partial charge on any atom is -0.280 e. The van der Waals surface area contributed by atoms with E-state index in [4.69, 9.17) is 9.05 Å². The molecule has 0 aliphatic heterocycles. The van der Waals surface area contributed by atoms with Gasteiger partial charge in [-0.15, -0.1) is 4.20 Å². The summed E-state index contributed by atoms with van der Waals surface area (Å²) in [6.07, 6.45) is -0.962. The first kappa shape index (κ1) is 17.1. The average Bonchev–Trinajstić information content (AvgIpc) is 1.97. The molecule has 5 heteroatoms. The minimum absolute atomic E-state index is 0.282. The van der Waals surface area contributed by atoms with E-state index < -0.39 is 20.1 Å². The fourth-order valence-electron chi connectivity index (χ4n) is 0.719. The number of hydrogen-bond acceptors (Lipinski definition) is 3. The maximum Gasteiger partial charge on any atom is 0.513 e. The summed E-state index contributed by atoms with van der Waals surface area (Å²) in [6, 6.07) is 0. The lowest BCUT2D eigenvalue weighted by Gasteiger charge is -2.31. The van der Waals surface area contributed by atoms with Gasteiger partial charge in [-0.3, -0.25) is 9.05 Å². The molecule has 0 amide bonds. The second-order valence-corrected chi connectivity index (χ2v) is 7.94. The first-order valence-electron chi connectivity index (χ1n) is 5.92. The Bertz CT molecular complexity index is 265. The van der Waals surface area contributed by atoms with Crippen molar-refractivity contribution in [3.05, 3.63) is 0 Å². The summed E-state index contributed by atoms with van der Waals surface area (Å²) in [5.74, 6) is 0. The van der Waals surface area contributed by atoms with Crippen molar-refractivity contribution in [1.82, 2.24) is 0 Å². The molecule has 0 N–H and O–H groups in total. The number of halogens is 1. The molecule has 0 aliphatic carbocycles. The van der Waals surface area contributed by atoms with Gasteiger partial charge < -0.3 is 0 Å². The smallest absolute Gasteiger partial charge is 0.280 e. The summed E-state index contributed by atoms with van der Waals surface area (Å²) < 4.78 is 35.2. The van der Waals surface area contributed by atoms with E-state index in [9.17, 15) is 8.76 Å². The van der Waals surface area contributed by atoms with Crippen molar-refractivity contribution in [3.63, 3.8) is 0 Å². The first-order valence-corrected chi connectivity index (χ1v) is 7.35. The molecule has 0 heterocycles. The molecule has 0 aromatic heterocycles. The highest BCUT2D eigenvalue weighted by Crippen LogP contribution is 2.55. The summed E-state index contributed by atoms with van der Waals surface area (Å²) in [6.45, 7) is 14.7. The highest BCUT2D eigenvalue weighted by molar-refractivity contribution is 7.48. The van der Waals surface area contributed by atoms with Gasteiger partial charge in [0.15, 0.2) is 0 Å². The van der Waals surface area contributed by atoms with Gasteiger partial charge in [0, 0.05) is 0 Å². The van der Waals surface area contributed by atoms with Gasteiger partial charge in [-0.05, 0) is 24.7 Å². The molecule has 0 aromatic rings. The topological polar surface area (TPSA) is 35.5 Å². The van der Waals surface area contributed by atoms with E-state index in [0.29, 0.717) is 0 Å². The Balaban J connectivity index is 4.56. The second kappa shape index (κ2) is 5.38. The van der Waals surface area contributed by atoms with Gasteiger partial charge in [0.05, 0.1) is 12.2 Å². The van der Waals surface area contributed by atoms with Crippen LogP contribution in [-0.4, -0.2) is 12.2 Å². The van der Waals surface area contributed by atoms with E-state index >= 15 is 0 Å². The van der Waals surface area contributed by atoms with Crippen LogP contribution in [0.4, 0.5) is 4.20 Å². The summed E-state index contributed by atoms with van der Waals surface area (Å²) in [7, 11) is -4.50. The van der Waals surface area contributed by atoms with Crippen LogP contribution < -0.4 is 0 Å². The third-order valence-electron chi connectivity index (χ3n) is 3.01. The summed E-state index contributed by atoms with van der Waals surface area (Å²) in [4.78, 5) is 0. The van der Waals surface area contributed by atoms with Crippen molar-refractivity contribution in [3.8, 4) is 0 Å². The van der Waals surface area contributed by atoms with Gasteiger partial charge in [-0.25, -0.2) is 4.57 Å². The van der Waals surface area contributed by atoms with Crippen LogP contribution in [0.3, 0.4) is 0 Å². The maximum absolute atomic E-state index is 13.8. The molecule has 0 rings (SSSR count). The third-order valence-corrected chi connectivity index (χ3v) is 4.14. The Morgan fingerprint density at radius 2 is 1.12 bits per heavy atom. The van der Waals surface area contributed by atoms with Crippen LogP contribution in [0.5, 0.6) is 0 Å². The van der Waals surface area contributed by atoms with Crippen LogP contribution in [0.15, 0.2) is 0 Å². The van der Waals surface area contributed by atoms with Gasteiger partial charge in [0.2, 0.25) is 0 Å². The molecule has 104 valence electrons. The van der Waals surface area contributed by atoms with Crippen LogP contribution in [0.1, 0.15) is 55.4 Å². The van der Waals surface area contributed by atoms with Crippen molar-refractivity contribution in [2.24, 2.45) is 10.8 Å². The van der Waals surface area contributed by atoms with E-state index in [2.05, 4.69) is 0 Å². The Kier molecular flexibility index (Phi) is 5.40. The lowest BCUT2D eigenvalue weighted by Crippen LogP contribution is -2.28. The highest BCUT2D eigenvalue weighted by atomic mass is 31.2. The van der Waals surface area contributed by atoms with Gasteiger partial charge in [0.25, 0.3) is 0 Å². The molecule has 0 radical (unpaired) electrons. The normalized spacial score (nSPS) is 17.9. The Morgan fingerprint density at radius 3 is 1.29 bits per heavy atom. The molecule has 0 saturated heterocycles. The molecule has 0 aliphatic rings. The van der Waals surface area contributed by atoms with Crippen molar-refractivity contribution in [1.29, 1.82) is 0 Å². The lowest BCUT2D eigenvalue weighted by atomic mass is 9.91.